The number of benzene rings is 2. The molecule has 108 valence electrons. The fourth-order valence-corrected chi connectivity index (χ4v) is 3.72. The van der Waals surface area contributed by atoms with Crippen LogP contribution < -0.4 is 0 Å². The zero-order valence-electron chi connectivity index (χ0n) is 11.3. The first kappa shape index (κ1) is 14.8. The maximum Gasteiger partial charge on any atom is 0.182 e. The standard InChI is InChI=1S/C15H11BrClFN2S/c1-7-3-9(16)4-8(2)14(7)20-13-5-10(17)11(18)6-12(13)19-15(20)21/h3-6H,1-2H3,(H,19,21). The third-order valence-corrected chi connectivity index (χ3v) is 4.44. The summed E-state index contributed by atoms with van der Waals surface area (Å²) in [5.41, 5.74) is 4.51. The van der Waals surface area contributed by atoms with Gasteiger partial charge in [0.1, 0.15) is 5.82 Å². The van der Waals surface area contributed by atoms with Crippen LogP contribution in [0.2, 0.25) is 5.02 Å². The summed E-state index contributed by atoms with van der Waals surface area (Å²) in [5, 5.41) is 0.0812. The van der Waals surface area contributed by atoms with Crippen LogP contribution >= 0.6 is 39.7 Å². The van der Waals surface area contributed by atoms with Gasteiger partial charge in [0.25, 0.3) is 0 Å². The molecule has 1 N–H and O–H groups in total. The molecular formula is C15H11BrClFN2S. The molecule has 6 heteroatoms. The first-order chi connectivity index (χ1) is 9.88. The summed E-state index contributed by atoms with van der Waals surface area (Å²) in [4.78, 5) is 3.03. The van der Waals surface area contributed by atoms with Crippen molar-refractivity contribution in [1.82, 2.24) is 9.55 Å². The van der Waals surface area contributed by atoms with Crippen LogP contribution in [0, 0.1) is 24.4 Å². The van der Waals surface area contributed by atoms with Gasteiger partial charge in [-0.15, -0.1) is 0 Å². The maximum absolute atomic E-state index is 13.6. The first-order valence-corrected chi connectivity index (χ1v) is 7.83. The van der Waals surface area contributed by atoms with Gasteiger partial charge < -0.3 is 4.98 Å². The second-order valence-corrected chi connectivity index (χ2v) is 6.65. The van der Waals surface area contributed by atoms with Crippen molar-refractivity contribution in [3.8, 4) is 5.69 Å². The van der Waals surface area contributed by atoms with Gasteiger partial charge in [0.15, 0.2) is 4.77 Å². The molecule has 2 aromatic carbocycles. The number of H-pyrrole nitrogens is 1. The smallest absolute Gasteiger partial charge is 0.182 e. The van der Waals surface area contributed by atoms with Crippen molar-refractivity contribution in [3.05, 3.63) is 55.5 Å². The van der Waals surface area contributed by atoms with Crippen molar-refractivity contribution >= 4 is 50.8 Å². The number of nitrogens with one attached hydrogen (secondary N) is 1. The zero-order valence-corrected chi connectivity index (χ0v) is 14.5. The summed E-state index contributed by atoms with van der Waals surface area (Å²) in [6.45, 7) is 4.03. The molecule has 0 fully saturated rings. The van der Waals surface area contributed by atoms with Crippen LogP contribution in [-0.2, 0) is 0 Å². The van der Waals surface area contributed by atoms with Crippen LogP contribution in [0.1, 0.15) is 11.1 Å². The monoisotopic (exact) mass is 384 g/mol. The van der Waals surface area contributed by atoms with E-state index >= 15 is 0 Å². The van der Waals surface area contributed by atoms with Crippen LogP contribution in [0.5, 0.6) is 0 Å². The van der Waals surface area contributed by atoms with Crippen molar-refractivity contribution in [2.75, 3.05) is 0 Å². The summed E-state index contributed by atoms with van der Waals surface area (Å²) in [5.74, 6) is -0.461. The highest BCUT2D eigenvalue weighted by molar-refractivity contribution is 9.10. The van der Waals surface area contributed by atoms with Gasteiger partial charge in [-0.05, 0) is 55.4 Å². The van der Waals surface area contributed by atoms with Crippen LogP contribution in [0.15, 0.2) is 28.7 Å². The molecule has 0 saturated heterocycles. The highest BCUT2D eigenvalue weighted by Gasteiger charge is 2.14. The van der Waals surface area contributed by atoms with Gasteiger partial charge in [-0.25, -0.2) is 4.39 Å². The molecule has 0 bridgehead atoms. The molecule has 3 rings (SSSR count). The Bertz CT molecular complexity index is 906. The number of fused-ring (bicyclic) bond motifs is 1. The number of halogens is 3. The fourth-order valence-electron chi connectivity index (χ4n) is 2.58. The number of rotatable bonds is 1. The average molecular weight is 386 g/mol. The molecule has 0 amide bonds. The molecule has 0 aliphatic rings. The average Bonchev–Trinajstić information content (AvgIpc) is 2.66. The Balaban J connectivity index is 2.44. The third-order valence-electron chi connectivity index (χ3n) is 3.40. The molecule has 0 spiro atoms. The zero-order chi connectivity index (χ0) is 15.3. The van der Waals surface area contributed by atoms with Gasteiger partial charge in [0, 0.05) is 10.5 Å². The van der Waals surface area contributed by atoms with Gasteiger partial charge in [-0.3, -0.25) is 4.57 Å². The fraction of sp³-hybridized carbons (Fsp3) is 0.133. The van der Waals surface area contributed by atoms with E-state index in [1.807, 2.05) is 30.5 Å². The van der Waals surface area contributed by atoms with Gasteiger partial charge in [0.05, 0.1) is 21.7 Å². The number of imidazole rings is 1. The number of aryl methyl sites for hydroxylation is 2. The molecule has 0 atom stereocenters. The summed E-state index contributed by atoms with van der Waals surface area (Å²) in [6, 6.07) is 7.01. The lowest BCUT2D eigenvalue weighted by molar-refractivity contribution is 0.630. The predicted molar refractivity (Wildman–Crippen MR) is 90.6 cm³/mol. The maximum atomic E-state index is 13.6. The Morgan fingerprint density at radius 3 is 2.43 bits per heavy atom. The molecule has 2 nitrogen and oxygen atoms in total. The molecule has 0 radical (unpaired) electrons. The number of aromatic nitrogens is 2. The molecule has 0 unspecified atom stereocenters. The van der Waals surface area contributed by atoms with Crippen LogP contribution in [0.3, 0.4) is 0 Å². The van der Waals surface area contributed by atoms with E-state index in [1.165, 1.54) is 6.07 Å². The van der Waals surface area contributed by atoms with Crippen molar-refractivity contribution in [3.63, 3.8) is 0 Å². The second kappa shape index (κ2) is 5.23. The van der Waals surface area contributed by atoms with Crippen LogP contribution in [0.25, 0.3) is 16.7 Å². The Hall–Kier alpha value is -1.17. The highest BCUT2D eigenvalue weighted by atomic mass is 79.9. The van der Waals surface area contributed by atoms with E-state index in [2.05, 4.69) is 20.9 Å². The van der Waals surface area contributed by atoms with E-state index in [9.17, 15) is 4.39 Å². The van der Waals surface area contributed by atoms with Gasteiger partial charge in [0.2, 0.25) is 0 Å². The summed E-state index contributed by atoms with van der Waals surface area (Å²) >= 11 is 14.8. The lowest BCUT2D eigenvalue weighted by Gasteiger charge is -2.13. The number of nitrogens with zero attached hydrogens (tertiary/aromatic N) is 1. The van der Waals surface area contributed by atoms with E-state index in [-0.39, 0.29) is 5.02 Å². The van der Waals surface area contributed by atoms with Gasteiger partial charge in [-0.1, -0.05) is 27.5 Å². The molecule has 0 aliphatic heterocycles. The predicted octanol–water partition coefficient (Wildman–Crippen LogP) is 5.86. The lowest BCUT2D eigenvalue weighted by Crippen LogP contribution is -2.00. The number of hydrogen-bond acceptors (Lipinski definition) is 1. The minimum Gasteiger partial charge on any atom is -0.330 e. The van der Waals surface area contributed by atoms with Crippen LogP contribution in [0.4, 0.5) is 4.39 Å². The molecule has 1 aromatic heterocycles. The Morgan fingerprint density at radius 1 is 1.19 bits per heavy atom. The molecule has 0 saturated carbocycles. The molecule has 0 aliphatic carbocycles. The summed E-state index contributed by atoms with van der Waals surface area (Å²) in [7, 11) is 0. The summed E-state index contributed by atoms with van der Waals surface area (Å²) in [6.07, 6.45) is 0. The SMILES string of the molecule is Cc1cc(Br)cc(C)c1-n1c(=S)[nH]c2cc(F)c(Cl)cc21. The van der Waals surface area contributed by atoms with Crippen LogP contribution in [-0.4, -0.2) is 9.55 Å². The van der Waals surface area contributed by atoms with Crippen molar-refractivity contribution in [2.45, 2.75) is 13.8 Å². The van der Waals surface area contributed by atoms with E-state index in [0.29, 0.717) is 10.3 Å². The minimum atomic E-state index is -0.461. The minimum absolute atomic E-state index is 0.0812. The van der Waals surface area contributed by atoms with E-state index < -0.39 is 5.82 Å². The highest BCUT2D eigenvalue weighted by Crippen LogP contribution is 2.30. The topological polar surface area (TPSA) is 20.7 Å². The quantitative estimate of drug-likeness (QED) is 0.520. The first-order valence-electron chi connectivity index (χ1n) is 6.25. The third kappa shape index (κ3) is 2.43. The van der Waals surface area contributed by atoms with E-state index in [1.54, 1.807) is 6.07 Å². The molecule has 1 heterocycles. The lowest BCUT2D eigenvalue weighted by atomic mass is 10.1. The van der Waals surface area contributed by atoms with Gasteiger partial charge in [-0.2, -0.15) is 0 Å². The van der Waals surface area contributed by atoms with Crippen molar-refractivity contribution in [2.24, 2.45) is 0 Å². The summed E-state index contributed by atoms with van der Waals surface area (Å²) < 4.78 is 17.0. The molecular weight excluding hydrogens is 375 g/mol. The largest absolute Gasteiger partial charge is 0.330 e. The second-order valence-electron chi connectivity index (χ2n) is 4.94. The Labute approximate surface area is 139 Å². The molecule has 3 aromatic rings. The number of hydrogen-bond donors (Lipinski definition) is 1. The number of aromatic amines is 1. The van der Waals surface area contributed by atoms with Crippen molar-refractivity contribution < 1.29 is 4.39 Å². The Kier molecular flexibility index (Phi) is 3.67. The molecule has 21 heavy (non-hydrogen) atoms. The van der Waals surface area contributed by atoms with Gasteiger partial charge >= 0.3 is 0 Å². The van der Waals surface area contributed by atoms with E-state index in [0.717, 1.165) is 26.8 Å². The normalized spacial score (nSPS) is 11.3. The van der Waals surface area contributed by atoms with Crippen molar-refractivity contribution in [1.29, 1.82) is 0 Å². The van der Waals surface area contributed by atoms with E-state index in [4.69, 9.17) is 23.8 Å². The Morgan fingerprint density at radius 2 is 1.81 bits per heavy atom.